The molecule has 3 nitrogen and oxygen atoms in total. The van der Waals surface area contributed by atoms with Gasteiger partial charge in [0.2, 0.25) is 0 Å². The Balaban J connectivity index is 2.67. The first-order valence-corrected chi connectivity index (χ1v) is 7.34. The van der Waals surface area contributed by atoms with Crippen molar-refractivity contribution in [3.8, 4) is 0 Å². The maximum absolute atomic E-state index is 4.57. The van der Waals surface area contributed by atoms with Crippen LogP contribution in [0, 0.1) is 5.41 Å². The first kappa shape index (κ1) is 15.3. The van der Waals surface area contributed by atoms with Crippen molar-refractivity contribution in [1.82, 2.24) is 14.8 Å². The summed E-state index contributed by atoms with van der Waals surface area (Å²) in [6.45, 7) is 13.2. The minimum Gasteiger partial charge on any atom is -0.252 e. The van der Waals surface area contributed by atoms with Crippen molar-refractivity contribution in [3.05, 3.63) is 17.1 Å². The second kappa shape index (κ2) is 5.47. The molecule has 0 fully saturated rings. The van der Waals surface area contributed by atoms with Gasteiger partial charge in [0.25, 0.3) is 0 Å². The van der Waals surface area contributed by atoms with Crippen molar-refractivity contribution in [1.29, 1.82) is 0 Å². The van der Waals surface area contributed by atoms with Gasteiger partial charge in [0.05, 0.1) is 0 Å². The number of rotatable bonds is 3. The molecule has 102 valence electrons. The van der Waals surface area contributed by atoms with Crippen LogP contribution in [-0.2, 0) is 12.5 Å². The van der Waals surface area contributed by atoms with Crippen LogP contribution in [0.5, 0.6) is 0 Å². The van der Waals surface area contributed by atoms with Crippen LogP contribution in [0.25, 0.3) is 6.08 Å². The lowest BCUT2D eigenvalue weighted by atomic mass is 9.96. The molecule has 0 aromatic carbocycles. The molecule has 18 heavy (non-hydrogen) atoms. The van der Waals surface area contributed by atoms with Crippen LogP contribution in [0.4, 0.5) is 0 Å². The van der Waals surface area contributed by atoms with Crippen LogP contribution in [0.1, 0.15) is 53.2 Å². The van der Waals surface area contributed by atoms with Gasteiger partial charge in [-0.05, 0) is 16.9 Å². The SMILES string of the molecule is Cn1nc(/C=C/SCC(C)(C)C)nc1C(C)(C)C. The molecule has 0 unspecified atom stereocenters. The molecule has 0 atom stereocenters. The van der Waals surface area contributed by atoms with E-state index in [0.29, 0.717) is 5.41 Å². The van der Waals surface area contributed by atoms with E-state index in [2.05, 4.69) is 57.0 Å². The smallest absolute Gasteiger partial charge is 0.174 e. The fraction of sp³-hybridized carbons (Fsp3) is 0.714. The molecular formula is C14H25N3S. The predicted octanol–water partition coefficient (Wildman–Crippen LogP) is 3.86. The van der Waals surface area contributed by atoms with Crippen molar-refractivity contribution >= 4 is 17.8 Å². The van der Waals surface area contributed by atoms with Crippen molar-refractivity contribution in [2.75, 3.05) is 5.75 Å². The van der Waals surface area contributed by atoms with Gasteiger partial charge in [-0.2, -0.15) is 5.10 Å². The number of hydrogen-bond acceptors (Lipinski definition) is 3. The first-order chi connectivity index (χ1) is 8.09. The summed E-state index contributed by atoms with van der Waals surface area (Å²) in [5.74, 6) is 2.91. The van der Waals surface area contributed by atoms with Gasteiger partial charge < -0.3 is 0 Å². The van der Waals surface area contributed by atoms with E-state index in [1.54, 1.807) is 0 Å². The zero-order valence-corrected chi connectivity index (χ0v) is 13.4. The van der Waals surface area contributed by atoms with Gasteiger partial charge in [-0.25, -0.2) is 4.98 Å². The topological polar surface area (TPSA) is 30.7 Å². The van der Waals surface area contributed by atoms with Crippen LogP contribution in [0.15, 0.2) is 5.41 Å². The summed E-state index contributed by atoms with van der Waals surface area (Å²) in [4.78, 5) is 4.57. The lowest BCUT2D eigenvalue weighted by Crippen LogP contribution is -2.17. The van der Waals surface area contributed by atoms with E-state index in [1.807, 2.05) is 29.6 Å². The summed E-state index contributed by atoms with van der Waals surface area (Å²) in [6.07, 6.45) is 1.99. The van der Waals surface area contributed by atoms with E-state index in [0.717, 1.165) is 17.4 Å². The third kappa shape index (κ3) is 4.84. The fourth-order valence-corrected chi connectivity index (χ4v) is 2.35. The molecule has 0 aliphatic heterocycles. The zero-order valence-electron chi connectivity index (χ0n) is 12.6. The highest BCUT2D eigenvalue weighted by atomic mass is 32.2. The third-order valence-corrected chi connectivity index (χ3v) is 3.64. The average molecular weight is 267 g/mol. The summed E-state index contributed by atoms with van der Waals surface area (Å²) in [6, 6.07) is 0. The van der Waals surface area contributed by atoms with Crippen LogP contribution >= 0.6 is 11.8 Å². The second-order valence-electron chi connectivity index (χ2n) is 6.84. The van der Waals surface area contributed by atoms with Crippen molar-refractivity contribution < 1.29 is 0 Å². The number of thioether (sulfide) groups is 1. The molecule has 0 saturated heterocycles. The van der Waals surface area contributed by atoms with E-state index >= 15 is 0 Å². The lowest BCUT2D eigenvalue weighted by Gasteiger charge is -2.15. The highest BCUT2D eigenvalue weighted by Gasteiger charge is 2.20. The Labute approximate surface area is 115 Å². The van der Waals surface area contributed by atoms with Gasteiger partial charge in [-0.3, -0.25) is 4.68 Å². The summed E-state index contributed by atoms with van der Waals surface area (Å²) >= 11 is 1.81. The van der Waals surface area contributed by atoms with E-state index in [1.165, 1.54) is 0 Å². The third-order valence-electron chi connectivity index (χ3n) is 2.28. The predicted molar refractivity (Wildman–Crippen MR) is 80.7 cm³/mol. The number of aryl methyl sites for hydroxylation is 1. The van der Waals surface area contributed by atoms with Gasteiger partial charge in [0, 0.05) is 18.2 Å². The van der Waals surface area contributed by atoms with Crippen molar-refractivity contribution in [3.63, 3.8) is 0 Å². The molecule has 0 N–H and O–H groups in total. The number of aromatic nitrogens is 3. The molecule has 1 aromatic rings. The Morgan fingerprint density at radius 2 is 1.78 bits per heavy atom. The van der Waals surface area contributed by atoms with E-state index in [9.17, 15) is 0 Å². The minimum atomic E-state index is 0.0341. The first-order valence-electron chi connectivity index (χ1n) is 6.29. The Kier molecular flexibility index (Phi) is 4.65. The maximum atomic E-state index is 4.57. The van der Waals surface area contributed by atoms with E-state index < -0.39 is 0 Å². The minimum absolute atomic E-state index is 0.0341. The second-order valence-corrected chi connectivity index (χ2v) is 7.74. The molecule has 0 amide bonds. The molecule has 0 bridgehead atoms. The van der Waals surface area contributed by atoms with Gasteiger partial charge in [-0.15, -0.1) is 11.8 Å². The van der Waals surface area contributed by atoms with Crippen molar-refractivity contribution in [2.24, 2.45) is 12.5 Å². The van der Waals surface area contributed by atoms with Crippen LogP contribution in [0.2, 0.25) is 0 Å². The number of hydrogen-bond donors (Lipinski definition) is 0. The summed E-state index contributed by atoms with van der Waals surface area (Å²) in [5, 5.41) is 6.51. The maximum Gasteiger partial charge on any atom is 0.174 e. The summed E-state index contributed by atoms with van der Waals surface area (Å²) in [5.41, 5.74) is 0.384. The molecule has 0 spiro atoms. The summed E-state index contributed by atoms with van der Waals surface area (Å²) in [7, 11) is 1.95. The Morgan fingerprint density at radius 1 is 1.17 bits per heavy atom. The van der Waals surface area contributed by atoms with Crippen LogP contribution < -0.4 is 0 Å². The lowest BCUT2D eigenvalue weighted by molar-refractivity contribution is 0.481. The molecule has 0 aliphatic rings. The summed E-state index contributed by atoms with van der Waals surface area (Å²) < 4.78 is 1.87. The fourth-order valence-electron chi connectivity index (χ4n) is 1.54. The van der Waals surface area contributed by atoms with Gasteiger partial charge in [-0.1, -0.05) is 41.5 Å². The highest BCUT2D eigenvalue weighted by molar-refractivity contribution is 8.02. The zero-order chi connectivity index (χ0) is 14.0. The molecule has 1 heterocycles. The Morgan fingerprint density at radius 3 is 2.22 bits per heavy atom. The normalized spacial score (nSPS) is 13.5. The van der Waals surface area contributed by atoms with Crippen LogP contribution in [-0.4, -0.2) is 20.5 Å². The monoisotopic (exact) mass is 267 g/mol. The van der Waals surface area contributed by atoms with E-state index in [4.69, 9.17) is 0 Å². The number of nitrogens with zero attached hydrogens (tertiary/aromatic N) is 3. The van der Waals surface area contributed by atoms with E-state index in [-0.39, 0.29) is 5.41 Å². The molecule has 1 rings (SSSR count). The largest absolute Gasteiger partial charge is 0.252 e. The van der Waals surface area contributed by atoms with Crippen molar-refractivity contribution in [2.45, 2.75) is 47.0 Å². The standard InChI is InChI=1S/C14H25N3S/c1-13(2,3)10-18-9-8-11-15-12(14(4,5)6)17(7)16-11/h8-9H,10H2,1-7H3/b9-8+. The Bertz CT molecular complexity index is 419. The quantitative estimate of drug-likeness (QED) is 0.833. The average Bonchev–Trinajstić information content (AvgIpc) is 2.52. The highest BCUT2D eigenvalue weighted by Crippen LogP contribution is 2.22. The van der Waals surface area contributed by atoms with Gasteiger partial charge >= 0.3 is 0 Å². The Hall–Kier alpha value is -0.770. The molecule has 0 aliphatic carbocycles. The molecule has 1 aromatic heterocycles. The molecule has 4 heteroatoms. The van der Waals surface area contributed by atoms with Gasteiger partial charge in [0.1, 0.15) is 5.82 Å². The van der Waals surface area contributed by atoms with Crippen LogP contribution in [0.3, 0.4) is 0 Å². The molecule has 0 radical (unpaired) electrons. The van der Waals surface area contributed by atoms with Gasteiger partial charge in [0.15, 0.2) is 5.82 Å². The molecule has 0 saturated carbocycles. The molecular weight excluding hydrogens is 242 g/mol.